The Balaban J connectivity index is 2.33. The Morgan fingerprint density at radius 2 is 1.77 bits per heavy atom. The monoisotopic (exact) mass is 427 g/mol. The van der Waals surface area contributed by atoms with Crippen molar-refractivity contribution in [1.82, 2.24) is 0 Å². The number of nitrogens with one attached hydrogen (secondary N) is 2. The molecular weight excluding hydrogens is 410 g/mol. The lowest BCUT2D eigenvalue weighted by atomic mass is 10.1. The molecule has 2 rings (SSSR count). The maximum Gasteiger partial charge on any atom is 0.339 e. The summed E-state index contributed by atoms with van der Waals surface area (Å²) in [5.74, 6) is -1.97. The van der Waals surface area contributed by atoms with Crippen molar-refractivity contribution in [3.8, 4) is 6.07 Å². The second-order valence-corrected chi connectivity index (χ2v) is 6.33. The second-order valence-electron chi connectivity index (χ2n) is 5.92. The van der Waals surface area contributed by atoms with Crippen LogP contribution in [0.2, 0.25) is 5.02 Å². The first kappa shape index (κ1) is 22.5. The average Bonchev–Trinajstić information content (AvgIpc) is 2.76. The third-order valence-corrected chi connectivity index (χ3v) is 4.51. The van der Waals surface area contributed by atoms with Crippen LogP contribution in [-0.2, 0) is 14.3 Å². The molecule has 0 spiro atoms. The smallest absolute Gasteiger partial charge is 0.339 e. The van der Waals surface area contributed by atoms with Gasteiger partial charge in [-0.15, -0.1) is 0 Å². The average molecular weight is 428 g/mol. The molecule has 0 unspecified atom stereocenters. The molecular formula is C21H18ClN3O5. The Bertz CT molecular complexity index is 1070. The maximum atomic E-state index is 12.5. The Kier molecular flexibility index (Phi) is 7.56. The molecule has 2 aromatic rings. The molecule has 0 atom stereocenters. The quantitative estimate of drug-likeness (QED) is 0.410. The Labute approximate surface area is 178 Å². The zero-order valence-corrected chi connectivity index (χ0v) is 17.2. The van der Waals surface area contributed by atoms with Crippen LogP contribution < -0.4 is 10.6 Å². The molecule has 30 heavy (non-hydrogen) atoms. The van der Waals surface area contributed by atoms with Crippen molar-refractivity contribution < 1.29 is 23.9 Å². The van der Waals surface area contributed by atoms with Gasteiger partial charge in [0, 0.05) is 16.9 Å². The molecule has 0 fully saturated rings. The molecule has 8 nitrogen and oxygen atoms in total. The third kappa shape index (κ3) is 5.16. The van der Waals surface area contributed by atoms with Gasteiger partial charge < -0.3 is 20.1 Å². The van der Waals surface area contributed by atoms with E-state index in [1.54, 1.807) is 31.2 Å². The number of benzene rings is 2. The summed E-state index contributed by atoms with van der Waals surface area (Å²) < 4.78 is 9.38. The number of esters is 2. The highest BCUT2D eigenvalue weighted by molar-refractivity contribution is 6.31. The van der Waals surface area contributed by atoms with Crippen LogP contribution in [0, 0.1) is 18.3 Å². The fourth-order valence-electron chi connectivity index (χ4n) is 2.43. The van der Waals surface area contributed by atoms with Gasteiger partial charge in [0.05, 0.1) is 31.0 Å². The molecule has 154 valence electrons. The molecule has 2 N–H and O–H groups in total. The van der Waals surface area contributed by atoms with Crippen LogP contribution in [0.1, 0.15) is 26.3 Å². The van der Waals surface area contributed by atoms with E-state index in [1.165, 1.54) is 32.4 Å². The van der Waals surface area contributed by atoms with E-state index in [2.05, 4.69) is 15.4 Å². The highest BCUT2D eigenvalue weighted by atomic mass is 35.5. The highest BCUT2D eigenvalue weighted by Gasteiger charge is 2.16. The lowest BCUT2D eigenvalue weighted by Crippen LogP contribution is -2.16. The molecule has 0 saturated carbocycles. The van der Waals surface area contributed by atoms with Gasteiger partial charge in [-0.3, -0.25) is 4.79 Å². The predicted octanol–water partition coefficient (Wildman–Crippen LogP) is 3.68. The molecule has 0 saturated heterocycles. The number of anilines is 2. The lowest BCUT2D eigenvalue weighted by molar-refractivity contribution is -0.112. The summed E-state index contributed by atoms with van der Waals surface area (Å²) in [5, 5.41) is 15.2. The largest absolute Gasteiger partial charge is 0.465 e. The van der Waals surface area contributed by atoms with E-state index in [9.17, 15) is 19.6 Å². The van der Waals surface area contributed by atoms with Gasteiger partial charge in [-0.1, -0.05) is 17.7 Å². The van der Waals surface area contributed by atoms with Crippen LogP contribution in [0.3, 0.4) is 0 Å². The summed E-state index contributed by atoms with van der Waals surface area (Å²) >= 11 is 6.04. The van der Waals surface area contributed by atoms with Crippen LogP contribution in [0.4, 0.5) is 11.4 Å². The number of hydrogen-bond acceptors (Lipinski definition) is 7. The van der Waals surface area contributed by atoms with Gasteiger partial charge in [-0.25, -0.2) is 9.59 Å². The fraction of sp³-hybridized carbons (Fsp3) is 0.143. The van der Waals surface area contributed by atoms with Crippen molar-refractivity contribution >= 4 is 40.8 Å². The van der Waals surface area contributed by atoms with Gasteiger partial charge >= 0.3 is 11.9 Å². The number of carbonyl (C=O) groups is 3. The van der Waals surface area contributed by atoms with Crippen molar-refractivity contribution in [2.24, 2.45) is 0 Å². The van der Waals surface area contributed by atoms with Gasteiger partial charge in [-0.05, 0) is 42.8 Å². The zero-order chi connectivity index (χ0) is 22.3. The van der Waals surface area contributed by atoms with Crippen molar-refractivity contribution in [3.63, 3.8) is 0 Å². The van der Waals surface area contributed by atoms with Crippen molar-refractivity contribution in [1.29, 1.82) is 5.26 Å². The first-order chi connectivity index (χ1) is 14.3. The highest BCUT2D eigenvalue weighted by Crippen LogP contribution is 2.24. The van der Waals surface area contributed by atoms with Gasteiger partial charge in [0.1, 0.15) is 11.6 Å². The number of hydrogen-bond donors (Lipinski definition) is 2. The molecule has 0 bridgehead atoms. The Hall–Kier alpha value is -3.83. The summed E-state index contributed by atoms with van der Waals surface area (Å²) in [6.07, 6.45) is 1.12. The molecule has 1 amide bonds. The standard InChI is InChI=1S/C21H18ClN3O5/c1-12-16(22)5-4-6-17(12)25-19(26)14(10-23)11-24-18-9-13(20(27)29-2)7-8-15(18)21(28)30-3/h4-9,11,24H,1-3H3,(H,25,26)/b14-11-. The summed E-state index contributed by atoms with van der Waals surface area (Å²) in [6, 6.07) is 10.9. The van der Waals surface area contributed by atoms with Crippen LogP contribution in [0.5, 0.6) is 0 Å². The van der Waals surface area contributed by atoms with Crippen molar-refractivity contribution in [2.45, 2.75) is 6.92 Å². The number of methoxy groups -OCH3 is 2. The molecule has 2 aromatic carbocycles. The SMILES string of the molecule is COC(=O)c1ccc(C(=O)OC)c(N/C=C(/C#N)C(=O)Nc2cccc(Cl)c2C)c1. The number of nitrogens with zero attached hydrogens (tertiary/aromatic N) is 1. The van der Waals surface area contributed by atoms with E-state index < -0.39 is 17.8 Å². The van der Waals surface area contributed by atoms with E-state index >= 15 is 0 Å². The zero-order valence-electron chi connectivity index (χ0n) is 16.4. The number of amides is 1. The molecule has 0 aliphatic rings. The summed E-state index contributed by atoms with van der Waals surface area (Å²) in [4.78, 5) is 36.2. The molecule has 0 aliphatic heterocycles. The molecule has 0 aliphatic carbocycles. The molecule has 9 heteroatoms. The molecule has 0 radical (unpaired) electrons. The van der Waals surface area contributed by atoms with E-state index in [0.29, 0.717) is 16.3 Å². The first-order valence-corrected chi connectivity index (χ1v) is 8.94. The minimum Gasteiger partial charge on any atom is -0.465 e. The Morgan fingerprint density at radius 3 is 2.40 bits per heavy atom. The topological polar surface area (TPSA) is 118 Å². The predicted molar refractivity (Wildman–Crippen MR) is 111 cm³/mol. The van der Waals surface area contributed by atoms with E-state index in [4.69, 9.17) is 16.3 Å². The van der Waals surface area contributed by atoms with E-state index in [1.807, 2.05) is 0 Å². The van der Waals surface area contributed by atoms with Crippen molar-refractivity contribution in [2.75, 3.05) is 24.9 Å². The minimum absolute atomic E-state index is 0.102. The Morgan fingerprint density at radius 1 is 1.07 bits per heavy atom. The van der Waals surface area contributed by atoms with E-state index in [0.717, 1.165) is 6.20 Å². The van der Waals surface area contributed by atoms with Gasteiger partial charge in [0.15, 0.2) is 0 Å². The molecule has 0 heterocycles. The molecule has 0 aromatic heterocycles. The van der Waals surface area contributed by atoms with Gasteiger partial charge in [-0.2, -0.15) is 5.26 Å². The first-order valence-electron chi connectivity index (χ1n) is 8.56. The summed E-state index contributed by atoms with van der Waals surface area (Å²) in [7, 11) is 2.43. The lowest BCUT2D eigenvalue weighted by Gasteiger charge is -2.11. The van der Waals surface area contributed by atoms with E-state index in [-0.39, 0.29) is 22.4 Å². The van der Waals surface area contributed by atoms with Gasteiger partial charge in [0.25, 0.3) is 5.91 Å². The van der Waals surface area contributed by atoms with Crippen LogP contribution >= 0.6 is 11.6 Å². The second kappa shape index (κ2) is 10.1. The maximum absolute atomic E-state index is 12.5. The number of carbonyl (C=O) groups excluding carboxylic acids is 3. The summed E-state index contributed by atoms with van der Waals surface area (Å²) in [5.41, 5.74) is 1.26. The minimum atomic E-state index is -0.681. The van der Waals surface area contributed by atoms with Crippen LogP contribution in [-0.4, -0.2) is 32.1 Å². The van der Waals surface area contributed by atoms with Crippen LogP contribution in [0.15, 0.2) is 48.2 Å². The number of ether oxygens (including phenoxy) is 2. The van der Waals surface area contributed by atoms with Crippen molar-refractivity contribution in [3.05, 3.63) is 69.9 Å². The number of nitriles is 1. The summed E-state index contributed by atoms with van der Waals surface area (Å²) in [6.45, 7) is 1.73. The number of halogens is 1. The fourth-order valence-corrected chi connectivity index (χ4v) is 2.60. The normalized spacial score (nSPS) is 10.6. The third-order valence-electron chi connectivity index (χ3n) is 4.10. The van der Waals surface area contributed by atoms with Gasteiger partial charge in [0.2, 0.25) is 0 Å². The number of rotatable bonds is 6. The van der Waals surface area contributed by atoms with Crippen LogP contribution in [0.25, 0.3) is 0 Å².